The van der Waals surface area contributed by atoms with Crippen LogP contribution in [0.1, 0.15) is 26.3 Å². The first kappa shape index (κ1) is 36.8. The van der Waals surface area contributed by atoms with E-state index in [9.17, 15) is 31.2 Å². The number of carbonyl (C=O) groups excluding carboxylic acids is 2. The molecule has 3 unspecified atom stereocenters. The highest BCUT2D eigenvalue weighted by Gasteiger charge is 2.55. The molecule has 3 atom stereocenters. The molecular formula is C30H44N8O9S2. The number of rotatable bonds is 13. The zero-order valence-electron chi connectivity index (χ0n) is 27.6. The second kappa shape index (κ2) is 14.4. The first-order chi connectivity index (χ1) is 22.9. The van der Waals surface area contributed by atoms with Crippen molar-refractivity contribution < 1.29 is 35.5 Å². The van der Waals surface area contributed by atoms with Crippen LogP contribution in [0.25, 0.3) is 5.69 Å². The van der Waals surface area contributed by atoms with E-state index in [0.717, 1.165) is 25.1 Å². The summed E-state index contributed by atoms with van der Waals surface area (Å²) in [6.07, 6.45) is 2.37. The Bertz CT molecular complexity index is 1800. The third-order valence-electron chi connectivity index (χ3n) is 9.56. The Hall–Kier alpha value is -3.46. The number of likely N-dealkylation sites (tertiary alicyclic amines) is 1. The van der Waals surface area contributed by atoms with E-state index in [0.29, 0.717) is 36.0 Å². The highest BCUT2D eigenvalue weighted by atomic mass is 32.2. The van der Waals surface area contributed by atoms with Crippen molar-refractivity contribution in [3.8, 4) is 5.69 Å². The molecule has 49 heavy (non-hydrogen) atoms. The first-order valence-corrected chi connectivity index (χ1v) is 19.3. The molecule has 1 aromatic heterocycles. The van der Waals surface area contributed by atoms with Gasteiger partial charge in [-0.15, -0.1) is 0 Å². The highest BCUT2D eigenvalue weighted by Crippen LogP contribution is 2.51. The Balaban J connectivity index is 1.07. The number of amides is 3. The second-order valence-corrected chi connectivity index (χ2v) is 16.5. The van der Waals surface area contributed by atoms with Crippen LogP contribution in [0.4, 0.5) is 10.6 Å². The Labute approximate surface area is 285 Å². The van der Waals surface area contributed by atoms with Crippen LogP contribution < -0.4 is 21.6 Å². The lowest BCUT2D eigenvalue weighted by molar-refractivity contribution is -0.138. The highest BCUT2D eigenvalue weighted by molar-refractivity contribution is 7.85. The lowest BCUT2D eigenvalue weighted by atomic mass is 10.0. The summed E-state index contributed by atoms with van der Waals surface area (Å²) in [6, 6.07) is 9.01. The Morgan fingerprint density at radius 1 is 0.939 bits per heavy atom. The standard InChI is InChI=1S/C30H44N8O9S2/c1-20(37-16-24-23(25(24)17-37)15-31-18-48(42,43)44)14-21-4-6-22(7-5-21)38-9-8-26(34-29(38)41)33-28(40)36-12-10-35(11-13-36)27(39)30(2,3)32-19-49(45,46)47/h4-9,20,23-25,31-32H,10-19H2,1-3H3,(H,42,43,44)(H,45,46,47)(H,33,34,40,41). The number of urea groups is 1. The zero-order chi connectivity index (χ0) is 35.7. The van der Waals surface area contributed by atoms with Crippen LogP contribution in [0.15, 0.2) is 41.3 Å². The number of piperidine rings is 1. The number of nitrogens with zero attached hydrogens (tertiary/aromatic N) is 5. The van der Waals surface area contributed by atoms with Crippen LogP contribution in [0.2, 0.25) is 0 Å². The minimum Gasteiger partial charge on any atom is -0.338 e. The van der Waals surface area contributed by atoms with Gasteiger partial charge in [0, 0.05) is 51.5 Å². The van der Waals surface area contributed by atoms with E-state index >= 15 is 0 Å². The molecule has 17 nitrogen and oxygen atoms in total. The Morgan fingerprint density at radius 2 is 1.53 bits per heavy atom. The summed E-state index contributed by atoms with van der Waals surface area (Å²) < 4.78 is 63.2. The zero-order valence-corrected chi connectivity index (χ0v) is 29.3. The van der Waals surface area contributed by atoms with Gasteiger partial charge in [0.15, 0.2) is 0 Å². The molecule has 0 spiro atoms. The summed E-state index contributed by atoms with van der Waals surface area (Å²) in [5, 5.41) is 7.99. The van der Waals surface area contributed by atoms with Crippen molar-refractivity contribution in [1.82, 2.24) is 34.9 Å². The molecule has 3 amide bonds. The van der Waals surface area contributed by atoms with Crippen LogP contribution in [-0.2, 0) is 31.5 Å². The number of piperazine rings is 1. The van der Waals surface area contributed by atoms with Gasteiger partial charge in [0.05, 0.1) is 11.2 Å². The molecule has 1 aromatic carbocycles. The molecule has 2 saturated heterocycles. The van der Waals surface area contributed by atoms with Crippen molar-refractivity contribution in [1.29, 1.82) is 0 Å². The normalized spacial score (nSPS) is 22.1. The SMILES string of the molecule is CC(Cc1ccc(-n2ccc(NC(=O)N3CCN(C(=O)C(C)(C)NCS(=O)(=O)O)CC3)nc2=O)cc1)N1CC2C(CNCS(=O)(=O)O)C2C1. The van der Waals surface area contributed by atoms with E-state index in [2.05, 4.69) is 32.8 Å². The number of fused-ring (bicyclic) bond motifs is 1. The molecule has 3 heterocycles. The number of hydrogen-bond acceptors (Lipinski definition) is 11. The minimum absolute atomic E-state index is 0.0888. The lowest BCUT2D eigenvalue weighted by Gasteiger charge is -2.38. The summed E-state index contributed by atoms with van der Waals surface area (Å²) in [4.78, 5) is 48.1. The number of carbonyl (C=O) groups is 2. The fraction of sp³-hybridized carbons (Fsp3) is 0.600. The molecule has 1 aliphatic carbocycles. The quantitative estimate of drug-likeness (QED) is 0.167. The predicted octanol–water partition coefficient (Wildman–Crippen LogP) is -0.334. The van der Waals surface area contributed by atoms with Crippen LogP contribution in [0.5, 0.6) is 0 Å². The molecule has 0 bridgehead atoms. The summed E-state index contributed by atoms with van der Waals surface area (Å²) in [5.41, 5.74) is -0.0628. The van der Waals surface area contributed by atoms with Crippen molar-refractivity contribution in [2.24, 2.45) is 17.8 Å². The molecular weight excluding hydrogens is 681 g/mol. The van der Waals surface area contributed by atoms with Gasteiger partial charge >= 0.3 is 11.7 Å². The summed E-state index contributed by atoms with van der Waals surface area (Å²) in [5.74, 6) is 0.0566. The average molecular weight is 725 g/mol. The molecule has 3 aliphatic rings. The average Bonchev–Trinajstić information content (AvgIpc) is 3.45. The number of anilines is 1. The van der Waals surface area contributed by atoms with Gasteiger partial charge in [-0.3, -0.25) is 34.0 Å². The summed E-state index contributed by atoms with van der Waals surface area (Å²) >= 11 is 0. The molecule has 270 valence electrons. The third-order valence-corrected chi connectivity index (χ3v) is 10.6. The molecule has 19 heteroatoms. The molecule has 5 rings (SSSR count). The van der Waals surface area contributed by atoms with Crippen LogP contribution >= 0.6 is 0 Å². The summed E-state index contributed by atoms with van der Waals surface area (Å²) in [6.45, 7) is 8.57. The number of nitrogens with one attached hydrogen (secondary N) is 3. The number of hydrogen-bond donors (Lipinski definition) is 5. The second-order valence-electron chi connectivity index (χ2n) is 13.5. The predicted molar refractivity (Wildman–Crippen MR) is 180 cm³/mol. The Morgan fingerprint density at radius 3 is 2.10 bits per heavy atom. The minimum atomic E-state index is -4.30. The van der Waals surface area contributed by atoms with Crippen LogP contribution in [-0.4, -0.2) is 131 Å². The fourth-order valence-corrected chi connectivity index (χ4v) is 7.59. The van der Waals surface area contributed by atoms with Crippen molar-refractivity contribution in [3.05, 3.63) is 52.6 Å². The van der Waals surface area contributed by atoms with E-state index in [1.54, 1.807) is 6.20 Å². The number of benzene rings is 1. The largest absolute Gasteiger partial charge is 0.354 e. The van der Waals surface area contributed by atoms with E-state index in [1.165, 1.54) is 34.3 Å². The fourth-order valence-electron chi connectivity index (χ4n) is 6.68. The van der Waals surface area contributed by atoms with Gasteiger partial charge in [-0.25, -0.2) is 9.59 Å². The van der Waals surface area contributed by atoms with Gasteiger partial charge in [0.25, 0.3) is 20.2 Å². The maximum Gasteiger partial charge on any atom is 0.354 e. The molecule has 2 aromatic rings. The van der Waals surface area contributed by atoms with E-state index in [4.69, 9.17) is 9.11 Å². The van der Waals surface area contributed by atoms with Crippen molar-refractivity contribution in [2.75, 3.05) is 62.9 Å². The monoisotopic (exact) mass is 724 g/mol. The lowest BCUT2D eigenvalue weighted by Crippen LogP contribution is -2.60. The Kier molecular flexibility index (Phi) is 10.8. The van der Waals surface area contributed by atoms with Gasteiger partial charge in [-0.05, 0) is 75.3 Å². The summed E-state index contributed by atoms with van der Waals surface area (Å²) in [7, 11) is -8.30. The maximum absolute atomic E-state index is 12.9. The molecule has 0 radical (unpaired) electrons. The van der Waals surface area contributed by atoms with Gasteiger partial charge in [-0.1, -0.05) is 12.1 Å². The molecule has 5 N–H and O–H groups in total. The smallest absolute Gasteiger partial charge is 0.338 e. The van der Waals surface area contributed by atoms with Crippen molar-refractivity contribution in [2.45, 2.75) is 38.8 Å². The van der Waals surface area contributed by atoms with Crippen LogP contribution in [0.3, 0.4) is 0 Å². The third kappa shape index (κ3) is 9.62. The van der Waals surface area contributed by atoms with Crippen LogP contribution in [0, 0.1) is 17.8 Å². The first-order valence-electron chi connectivity index (χ1n) is 16.0. The van der Waals surface area contributed by atoms with E-state index < -0.39 is 49.2 Å². The molecule has 3 fully saturated rings. The van der Waals surface area contributed by atoms with E-state index in [1.807, 2.05) is 24.3 Å². The van der Waals surface area contributed by atoms with Gasteiger partial charge in [0.1, 0.15) is 17.6 Å². The number of aromatic nitrogens is 2. The topological polar surface area (TPSA) is 224 Å². The molecule has 2 aliphatic heterocycles. The molecule has 1 saturated carbocycles. The maximum atomic E-state index is 12.9. The van der Waals surface area contributed by atoms with Gasteiger partial charge in [0.2, 0.25) is 5.91 Å². The van der Waals surface area contributed by atoms with E-state index in [-0.39, 0.29) is 37.9 Å². The van der Waals surface area contributed by atoms with Crippen molar-refractivity contribution in [3.63, 3.8) is 0 Å². The van der Waals surface area contributed by atoms with Gasteiger partial charge < -0.3 is 15.1 Å². The van der Waals surface area contributed by atoms with Crippen molar-refractivity contribution >= 4 is 38.0 Å². The van der Waals surface area contributed by atoms with Gasteiger partial charge in [-0.2, -0.15) is 21.8 Å².